The van der Waals surface area contributed by atoms with E-state index in [1.54, 1.807) is 0 Å². The van der Waals surface area contributed by atoms with Gasteiger partial charge in [-0.2, -0.15) is 0 Å². The zero-order chi connectivity index (χ0) is 13.5. The van der Waals surface area contributed by atoms with E-state index < -0.39 is 10.8 Å². The van der Waals surface area contributed by atoms with Crippen LogP contribution in [-0.2, 0) is 10.8 Å². The second-order valence-electron chi connectivity index (χ2n) is 4.99. The summed E-state index contributed by atoms with van der Waals surface area (Å²) < 4.78 is 11.9. The lowest BCUT2D eigenvalue weighted by atomic mass is 9.95. The summed E-state index contributed by atoms with van der Waals surface area (Å²) in [5, 5.41) is 3.87. The molecule has 3 unspecified atom stereocenters. The third-order valence-corrected chi connectivity index (χ3v) is 5.09. The minimum Gasteiger partial charge on any atom is -0.353 e. The fourth-order valence-corrected chi connectivity index (χ4v) is 3.75. The molecule has 1 aliphatic carbocycles. The molecule has 1 fully saturated rings. The standard InChI is InChI=1S/C13H27N3OS/c1-5-14-13(16(3)4)15-11-8-7-9-12(10-11)18(17)6-2/h11-12H,5-10H2,1-4H3,(H,14,15). The molecule has 0 aromatic rings. The van der Waals surface area contributed by atoms with Gasteiger partial charge in [0.15, 0.2) is 5.96 Å². The van der Waals surface area contributed by atoms with Gasteiger partial charge in [0, 0.05) is 48.5 Å². The molecule has 0 aromatic carbocycles. The van der Waals surface area contributed by atoms with Crippen LogP contribution >= 0.6 is 0 Å². The zero-order valence-corrected chi connectivity index (χ0v) is 12.9. The molecule has 1 aliphatic rings. The van der Waals surface area contributed by atoms with Crippen molar-refractivity contribution in [1.29, 1.82) is 0 Å². The van der Waals surface area contributed by atoms with Gasteiger partial charge in [-0.05, 0) is 26.2 Å². The quantitative estimate of drug-likeness (QED) is 0.625. The highest BCUT2D eigenvalue weighted by Crippen LogP contribution is 2.23. The average Bonchev–Trinajstić information content (AvgIpc) is 2.37. The first-order valence-corrected chi connectivity index (χ1v) is 8.32. The molecule has 0 bridgehead atoms. The predicted molar refractivity (Wildman–Crippen MR) is 79.5 cm³/mol. The molecule has 0 aliphatic heterocycles. The van der Waals surface area contributed by atoms with Crippen molar-refractivity contribution in [2.45, 2.75) is 50.8 Å². The van der Waals surface area contributed by atoms with E-state index in [1.807, 2.05) is 32.8 Å². The number of hydrogen-bond donors (Lipinski definition) is 1. The second-order valence-corrected chi connectivity index (χ2v) is 7.00. The van der Waals surface area contributed by atoms with Crippen LogP contribution in [0.5, 0.6) is 0 Å². The summed E-state index contributed by atoms with van der Waals surface area (Å²) in [4.78, 5) is 6.48. The number of nitrogens with zero attached hydrogens (tertiary/aromatic N) is 2. The van der Waals surface area contributed by atoms with Crippen molar-refractivity contribution in [2.75, 3.05) is 26.4 Å². The van der Waals surface area contributed by atoms with Gasteiger partial charge in [-0.15, -0.1) is 0 Å². The van der Waals surface area contributed by atoms with Crippen LogP contribution in [0.25, 0.3) is 0 Å². The molecular weight excluding hydrogens is 246 g/mol. The van der Waals surface area contributed by atoms with E-state index in [0.29, 0.717) is 11.3 Å². The van der Waals surface area contributed by atoms with E-state index in [4.69, 9.17) is 0 Å². The lowest BCUT2D eigenvalue weighted by molar-refractivity contribution is 0.402. The Morgan fingerprint density at radius 1 is 1.39 bits per heavy atom. The van der Waals surface area contributed by atoms with Crippen LogP contribution in [0, 0.1) is 0 Å². The van der Waals surface area contributed by atoms with Crippen molar-refractivity contribution in [3.05, 3.63) is 0 Å². The molecule has 0 aromatic heterocycles. The van der Waals surface area contributed by atoms with Gasteiger partial charge >= 0.3 is 0 Å². The second kappa shape index (κ2) is 7.77. The minimum absolute atomic E-state index is 0.367. The average molecular weight is 273 g/mol. The zero-order valence-electron chi connectivity index (χ0n) is 12.1. The lowest BCUT2D eigenvalue weighted by Crippen LogP contribution is -2.46. The van der Waals surface area contributed by atoms with E-state index in [2.05, 4.69) is 10.3 Å². The predicted octanol–water partition coefficient (Wildman–Crippen LogP) is 1.59. The van der Waals surface area contributed by atoms with Crippen LogP contribution in [0.4, 0.5) is 0 Å². The molecule has 1 saturated carbocycles. The first kappa shape index (κ1) is 15.5. The lowest BCUT2D eigenvalue weighted by Gasteiger charge is -2.31. The van der Waals surface area contributed by atoms with Gasteiger partial charge in [0.2, 0.25) is 0 Å². The van der Waals surface area contributed by atoms with Gasteiger partial charge in [-0.25, -0.2) is 0 Å². The Kier molecular flexibility index (Phi) is 6.68. The molecule has 3 atom stereocenters. The fraction of sp³-hybridized carbons (Fsp3) is 0.923. The largest absolute Gasteiger partial charge is 0.353 e. The van der Waals surface area contributed by atoms with Crippen molar-refractivity contribution >= 4 is 16.8 Å². The maximum Gasteiger partial charge on any atom is 0.193 e. The van der Waals surface area contributed by atoms with Crippen LogP contribution in [0.2, 0.25) is 0 Å². The van der Waals surface area contributed by atoms with Gasteiger partial charge in [0.25, 0.3) is 0 Å². The molecule has 0 amide bonds. The van der Waals surface area contributed by atoms with Crippen molar-refractivity contribution in [1.82, 2.24) is 10.2 Å². The number of aliphatic imine (C=N–C) groups is 1. The Morgan fingerprint density at radius 3 is 2.67 bits per heavy atom. The topological polar surface area (TPSA) is 44.7 Å². The van der Waals surface area contributed by atoms with E-state index in [-0.39, 0.29) is 0 Å². The van der Waals surface area contributed by atoms with Crippen molar-refractivity contribution in [3.8, 4) is 0 Å². The smallest absolute Gasteiger partial charge is 0.193 e. The van der Waals surface area contributed by atoms with E-state index >= 15 is 0 Å². The summed E-state index contributed by atoms with van der Waals surface area (Å²) >= 11 is 0. The Bertz CT molecular complexity index is 305. The monoisotopic (exact) mass is 273 g/mol. The SMILES string of the molecule is CCN=C(NC1CCCC(S(=O)CC)C1)N(C)C. The Morgan fingerprint density at radius 2 is 2.11 bits per heavy atom. The molecule has 106 valence electrons. The van der Waals surface area contributed by atoms with Crippen molar-refractivity contribution in [2.24, 2.45) is 4.99 Å². The van der Waals surface area contributed by atoms with Gasteiger partial charge in [0.05, 0.1) is 0 Å². The van der Waals surface area contributed by atoms with E-state index in [0.717, 1.165) is 37.5 Å². The number of hydrogen-bond acceptors (Lipinski definition) is 2. The fourth-order valence-electron chi connectivity index (χ4n) is 2.40. The van der Waals surface area contributed by atoms with Gasteiger partial charge in [-0.3, -0.25) is 9.20 Å². The maximum absolute atomic E-state index is 11.9. The van der Waals surface area contributed by atoms with Crippen LogP contribution in [0.3, 0.4) is 0 Å². The Balaban J connectivity index is 2.56. The molecule has 4 nitrogen and oxygen atoms in total. The highest BCUT2D eigenvalue weighted by molar-refractivity contribution is 7.85. The van der Waals surface area contributed by atoms with Gasteiger partial charge < -0.3 is 10.2 Å². The highest BCUT2D eigenvalue weighted by Gasteiger charge is 2.26. The first-order chi connectivity index (χ1) is 8.58. The maximum atomic E-state index is 11.9. The summed E-state index contributed by atoms with van der Waals surface area (Å²) in [6.07, 6.45) is 4.45. The normalized spacial score (nSPS) is 26.8. The van der Waals surface area contributed by atoms with Crippen LogP contribution in [0.15, 0.2) is 4.99 Å². The van der Waals surface area contributed by atoms with Crippen LogP contribution < -0.4 is 5.32 Å². The third kappa shape index (κ3) is 4.59. The van der Waals surface area contributed by atoms with E-state index in [9.17, 15) is 4.21 Å². The summed E-state index contributed by atoms with van der Waals surface area (Å²) in [6.45, 7) is 4.84. The van der Waals surface area contributed by atoms with E-state index in [1.165, 1.54) is 6.42 Å². The number of rotatable bonds is 4. The highest BCUT2D eigenvalue weighted by atomic mass is 32.2. The summed E-state index contributed by atoms with van der Waals surface area (Å²) in [6, 6.07) is 0.423. The molecule has 1 rings (SSSR count). The molecule has 0 spiro atoms. The molecule has 0 heterocycles. The van der Waals surface area contributed by atoms with Gasteiger partial charge in [-0.1, -0.05) is 13.3 Å². The molecule has 0 radical (unpaired) electrons. The summed E-state index contributed by atoms with van der Waals surface area (Å²) in [5.41, 5.74) is 0. The summed E-state index contributed by atoms with van der Waals surface area (Å²) in [7, 11) is 3.36. The Labute approximate surface area is 114 Å². The van der Waals surface area contributed by atoms with Crippen LogP contribution in [-0.4, -0.2) is 52.8 Å². The molecule has 5 heteroatoms. The van der Waals surface area contributed by atoms with Gasteiger partial charge in [0.1, 0.15) is 0 Å². The van der Waals surface area contributed by atoms with Crippen molar-refractivity contribution < 1.29 is 4.21 Å². The van der Waals surface area contributed by atoms with Crippen LogP contribution in [0.1, 0.15) is 39.5 Å². The minimum atomic E-state index is -0.657. The molecular formula is C13H27N3OS. The molecule has 1 N–H and O–H groups in total. The molecule has 0 saturated heterocycles. The van der Waals surface area contributed by atoms with Crippen molar-refractivity contribution in [3.63, 3.8) is 0 Å². The summed E-state index contributed by atoms with van der Waals surface area (Å²) in [5.74, 6) is 1.73. The molecule has 18 heavy (non-hydrogen) atoms. The number of guanidine groups is 1. The Hall–Kier alpha value is -0.580. The number of nitrogens with one attached hydrogen (secondary N) is 1. The first-order valence-electron chi connectivity index (χ1n) is 6.93. The third-order valence-electron chi connectivity index (χ3n) is 3.35.